The van der Waals surface area contributed by atoms with E-state index < -0.39 is 0 Å². The van der Waals surface area contributed by atoms with E-state index in [9.17, 15) is 4.79 Å². The highest BCUT2D eigenvalue weighted by Gasteiger charge is 2.41. The average molecular weight is 461 g/mol. The molecular formula is C26H25ClN4O2. The predicted octanol–water partition coefficient (Wildman–Crippen LogP) is 5.24. The number of alkyl carbamates (subject to hydrolysis) is 1. The molecule has 2 N–H and O–H groups in total. The fourth-order valence-electron chi connectivity index (χ4n) is 5.32. The van der Waals surface area contributed by atoms with Gasteiger partial charge in [-0.1, -0.05) is 41.9 Å². The third kappa shape index (κ3) is 3.93. The molecule has 0 saturated carbocycles. The van der Waals surface area contributed by atoms with Gasteiger partial charge in [0, 0.05) is 18.5 Å². The molecule has 1 fully saturated rings. The van der Waals surface area contributed by atoms with Gasteiger partial charge in [0.15, 0.2) is 5.82 Å². The second kappa shape index (κ2) is 8.34. The molecule has 1 aliphatic heterocycles. The molecular weight excluding hydrogens is 436 g/mol. The SMILES string of the molecule is O=C1N[C@H]2c3cc(CCCc4ncc(Cl)c(Nc5cccc6c5CCC6)n4)ccc3C[C@H]2O1. The lowest BCUT2D eigenvalue weighted by Crippen LogP contribution is -2.18. The molecule has 3 aromatic rings. The molecule has 2 heterocycles. The molecule has 2 atom stereocenters. The van der Waals surface area contributed by atoms with E-state index in [4.69, 9.17) is 21.3 Å². The summed E-state index contributed by atoms with van der Waals surface area (Å²) < 4.78 is 5.35. The summed E-state index contributed by atoms with van der Waals surface area (Å²) in [5.74, 6) is 1.45. The Balaban J connectivity index is 1.12. The summed E-state index contributed by atoms with van der Waals surface area (Å²) in [7, 11) is 0. The number of halogens is 1. The minimum absolute atomic E-state index is 0.0138. The van der Waals surface area contributed by atoms with Gasteiger partial charge in [0.25, 0.3) is 0 Å². The molecule has 6 nitrogen and oxygen atoms in total. The Labute approximate surface area is 197 Å². The van der Waals surface area contributed by atoms with Crippen LogP contribution in [0.2, 0.25) is 5.02 Å². The van der Waals surface area contributed by atoms with E-state index in [1.165, 1.54) is 34.2 Å². The lowest BCUT2D eigenvalue weighted by atomic mass is 10.0. The van der Waals surface area contributed by atoms with Gasteiger partial charge in [0.05, 0.1) is 12.2 Å². The van der Waals surface area contributed by atoms with Crippen molar-refractivity contribution in [1.82, 2.24) is 15.3 Å². The molecule has 2 aromatic carbocycles. The Morgan fingerprint density at radius 1 is 1.15 bits per heavy atom. The molecule has 1 saturated heterocycles. The second-order valence-electron chi connectivity index (χ2n) is 9.06. The van der Waals surface area contributed by atoms with Gasteiger partial charge in [-0.25, -0.2) is 14.8 Å². The normalized spacial score (nSPS) is 20.1. The number of rotatable bonds is 6. The smallest absolute Gasteiger partial charge is 0.408 e. The van der Waals surface area contributed by atoms with Gasteiger partial charge >= 0.3 is 6.09 Å². The van der Waals surface area contributed by atoms with Crippen molar-refractivity contribution in [3.05, 3.63) is 81.3 Å². The van der Waals surface area contributed by atoms with E-state index in [2.05, 4.69) is 52.0 Å². The number of hydrogen-bond acceptors (Lipinski definition) is 5. The highest BCUT2D eigenvalue weighted by atomic mass is 35.5. The van der Waals surface area contributed by atoms with Crippen LogP contribution in [0.3, 0.4) is 0 Å². The lowest BCUT2D eigenvalue weighted by molar-refractivity contribution is 0.136. The van der Waals surface area contributed by atoms with Crippen LogP contribution in [0.5, 0.6) is 0 Å². The Morgan fingerprint density at radius 3 is 3.03 bits per heavy atom. The summed E-state index contributed by atoms with van der Waals surface area (Å²) in [6, 6.07) is 12.9. The summed E-state index contributed by atoms with van der Waals surface area (Å²) in [4.78, 5) is 20.7. The molecule has 7 heteroatoms. The Hall–Kier alpha value is -3.12. The van der Waals surface area contributed by atoms with Gasteiger partial charge < -0.3 is 15.4 Å². The van der Waals surface area contributed by atoms with Crippen LogP contribution in [0.1, 0.15) is 52.5 Å². The van der Waals surface area contributed by atoms with E-state index in [0.29, 0.717) is 10.8 Å². The number of nitrogens with zero attached hydrogens (tertiary/aromatic N) is 2. The average Bonchev–Trinajstić information content (AvgIpc) is 3.51. The minimum atomic E-state index is -0.314. The van der Waals surface area contributed by atoms with Crippen molar-refractivity contribution in [2.24, 2.45) is 0 Å². The Kier molecular flexibility index (Phi) is 5.18. The van der Waals surface area contributed by atoms with Crippen LogP contribution in [0.4, 0.5) is 16.3 Å². The maximum atomic E-state index is 11.5. The zero-order chi connectivity index (χ0) is 22.4. The van der Waals surface area contributed by atoms with Crippen molar-refractivity contribution in [2.75, 3.05) is 5.32 Å². The molecule has 0 unspecified atom stereocenters. The first-order chi connectivity index (χ1) is 16.1. The summed E-state index contributed by atoms with van der Waals surface area (Å²) in [5, 5.41) is 6.90. The zero-order valence-corrected chi connectivity index (χ0v) is 19.0. The topological polar surface area (TPSA) is 76.1 Å². The summed E-state index contributed by atoms with van der Waals surface area (Å²) in [5.41, 5.74) is 7.58. The number of carbonyl (C=O) groups is 1. The number of benzene rings is 2. The molecule has 33 heavy (non-hydrogen) atoms. The van der Waals surface area contributed by atoms with Gasteiger partial charge in [0.2, 0.25) is 0 Å². The monoisotopic (exact) mass is 460 g/mol. The number of aryl methyl sites for hydroxylation is 3. The van der Waals surface area contributed by atoms with Crippen LogP contribution in [0, 0.1) is 0 Å². The van der Waals surface area contributed by atoms with Crippen molar-refractivity contribution in [3.8, 4) is 0 Å². The van der Waals surface area contributed by atoms with E-state index in [-0.39, 0.29) is 18.2 Å². The third-order valence-electron chi connectivity index (χ3n) is 6.93. The van der Waals surface area contributed by atoms with Crippen molar-refractivity contribution in [1.29, 1.82) is 0 Å². The fourth-order valence-corrected chi connectivity index (χ4v) is 5.45. The number of aromatic nitrogens is 2. The zero-order valence-electron chi connectivity index (χ0n) is 18.2. The standard InChI is InChI=1S/C26H25ClN4O2/c27-20-14-28-23(30-25(20)29-21-8-3-6-16-5-2-7-18(16)21)9-1-4-15-10-11-17-13-22-24(19(17)12-15)31-26(32)33-22/h3,6,8,10-12,14,22,24H,1-2,4-5,7,9,13H2,(H,31,32)(H,28,29,30)/t22-,24+/m1/s1. The number of carbonyl (C=O) groups excluding carboxylic acids is 1. The van der Waals surface area contributed by atoms with E-state index in [1.54, 1.807) is 6.20 Å². The highest BCUT2D eigenvalue weighted by molar-refractivity contribution is 6.32. The predicted molar refractivity (Wildman–Crippen MR) is 127 cm³/mol. The minimum Gasteiger partial charge on any atom is -0.443 e. The van der Waals surface area contributed by atoms with Crippen molar-refractivity contribution in [2.45, 2.75) is 57.1 Å². The van der Waals surface area contributed by atoms with Crippen LogP contribution in [0.15, 0.2) is 42.6 Å². The van der Waals surface area contributed by atoms with Gasteiger partial charge in [-0.3, -0.25) is 0 Å². The summed E-state index contributed by atoms with van der Waals surface area (Å²) in [6.45, 7) is 0. The second-order valence-corrected chi connectivity index (χ2v) is 9.47. The van der Waals surface area contributed by atoms with E-state index in [1.807, 2.05) is 0 Å². The fraction of sp³-hybridized carbons (Fsp3) is 0.346. The van der Waals surface area contributed by atoms with Crippen LogP contribution in [0.25, 0.3) is 0 Å². The number of ether oxygens (including phenoxy) is 1. The first-order valence-electron chi connectivity index (χ1n) is 11.6. The van der Waals surface area contributed by atoms with Gasteiger partial charge in [-0.05, 0) is 66.0 Å². The van der Waals surface area contributed by atoms with Crippen LogP contribution < -0.4 is 10.6 Å². The van der Waals surface area contributed by atoms with E-state index in [0.717, 1.165) is 50.0 Å². The number of nitrogens with one attached hydrogen (secondary N) is 2. The molecule has 3 aliphatic rings. The first kappa shape index (κ1) is 20.5. The molecule has 0 bridgehead atoms. The number of fused-ring (bicyclic) bond motifs is 4. The van der Waals surface area contributed by atoms with Crippen molar-refractivity contribution >= 4 is 29.2 Å². The van der Waals surface area contributed by atoms with Crippen LogP contribution in [-0.4, -0.2) is 22.2 Å². The largest absolute Gasteiger partial charge is 0.443 e. The van der Waals surface area contributed by atoms with Gasteiger partial charge in [-0.2, -0.15) is 0 Å². The lowest BCUT2D eigenvalue weighted by Gasteiger charge is -2.13. The van der Waals surface area contributed by atoms with E-state index >= 15 is 0 Å². The molecule has 1 amide bonds. The first-order valence-corrected chi connectivity index (χ1v) is 12.0. The van der Waals surface area contributed by atoms with Crippen LogP contribution in [-0.2, 0) is 36.8 Å². The molecule has 0 spiro atoms. The molecule has 1 aromatic heterocycles. The molecule has 2 aliphatic carbocycles. The quantitative estimate of drug-likeness (QED) is 0.526. The highest BCUT2D eigenvalue weighted by Crippen LogP contribution is 2.37. The van der Waals surface area contributed by atoms with Crippen molar-refractivity contribution in [3.63, 3.8) is 0 Å². The maximum Gasteiger partial charge on any atom is 0.408 e. The van der Waals surface area contributed by atoms with Gasteiger partial charge in [-0.15, -0.1) is 0 Å². The molecule has 0 radical (unpaired) electrons. The van der Waals surface area contributed by atoms with Gasteiger partial charge in [0.1, 0.15) is 17.0 Å². The Bertz CT molecular complexity index is 1240. The number of amides is 1. The molecule has 168 valence electrons. The number of anilines is 2. The number of hydrogen-bond donors (Lipinski definition) is 2. The summed E-state index contributed by atoms with van der Waals surface area (Å²) >= 11 is 6.41. The molecule has 6 rings (SSSR count). The Morgan fingerprint density at radius 2 is 2.09 bits per heavy atom. The maximum absolute atomic E-state index is 11.5. The third-order valence-corrected chi connectivity index (χ3v) is 7.21. The van der Waals surface area contributed by atoms with Crippen LogP contribution >= 0.6 is 11.6 Å². The summed E-state index contributed by atoms with van der Waals surface area (Å²) in [6.07, 6.45) is 8.13. The van der Waals surface area contributed by atoms with Crippen molar-refractivity contribution < 1.29 is 9.53 Å².